The van der Waals surface area contributed by atoms with E-state index < -0.39 is 0 Å². The van der Waals surface area contributed by atoms with Crippen molar-refractivity contribution in [3.05, 3.63) is 55.9 Å². The van der Waals surface area contributed by atoms with Crippen LogP contribution in [0.25, 0.3) is 0 Å². The van der Waals surface area contributed by atoms with Crippen molar-refractivity contribution in [2.45, 2.75) is 6.54 Å². The fourth-order valence-corrected chi connectivity index (χ4v) is 3.21. The van der Waals surface area contributed by atoms with Crippen LogP contribution < -0.4 is 10.5 Å². The number of aromatic amines is 1. The van der Waals surface area contributed by atoms with E-state index in [1.54, 1.807) is 12.3 Å². The maximum atomic E-state index is 11.6. The fraction of sp³-hybridized carbons (Fsp3) is 0.312. The number of benzene rings is 1. The first-order valence-electron chi connectivity index (χ1n) is 7.48. The van der Waals surface area contributed by atoms with Crippen LogP contribution in [0.2, 0.25) is 10.0 Å². The van der Waals surface area contributed by atoms with E-state index in [1.807, 2.05) is 17.0 Å². The molecule has 1 aliphatic rings. The molecule has 0 aliphatic carbocycles. The van der Waals surface area contributed by atoms with Crippen molar-refractivity contribution in [2.24, 2.45) is 0 Å². The molecule has 24 heavy (non-hydrogen) atoms. The first-order valence-corrected chi connectivity index (χ1v) is 8.23. The molecule has 0 radical (unpaired) electrons. The molecular weight excluding hydrogens is 349 g/mol. The summed E-state index contributed by atoms with van der Waals surface area (Å²) in [6, 6.07) is 7.60. The molecule has 0 spiro atoms. The van der Waals surface area contributed by atoms with Gasteiger partial charge in [0.05, 0.1) is 22.5 Å². The van der Waals surface area contributed by atoms with Gasteiger partial charge in [-0.15, -0.1) is 0 Å². The molecule has 0 saturated carbocycles. The molecule has 1 N–H and O–H groups in total. The van der Waals surface area contributed by atoms with Crippen LogP contribution in [0.5, 0.6) is 0 Å². The monoisotopic (exact) mass is 363 g/mol. The summed E-state index contributed by atoms with van der Waals surface area (Å²) < 4.78 is 0. The van der Waals surface area contributed by atoms with E-state index in [0.29, 0.717) is 22.8 Å². The summed E-state index contributed by atoms with van der Waals surface area (Å²) in [7, 11) is 0. The van der Waals surface area contributed by atoms with Gasteiger partial charge in [0.15, 0.2) is 0 Å². The predicted octanol–water partition coefficient (Wildman–Crippen LogP) is 2.27. The topological polar surface area (TPSA) is 76.0 Å². The van der Waals surface area contributed by atoms with Crippen LogP contribution in [0, 0.1) is 11.3 Å². The molecule has 3 rings (SSSR count). The van der Waals surface area contributed by atoms with Crippen molar-refractivity contribution in [2.75, 3.05) is 31.1 Å². The van der Waals surface area contributed by atoms with Gasteiger partial charge in [-0.1, -0.05) is 35.3 Å². The molecule has 0 unspecified atom stereocenters. The van der Waals surface area contributed by atoms with Crippen molar-refractivity contribution in [1.82, 2.24) is 15.1 Å². The van der Waals surface area contributed by atoms with Crippen molar-refractivity contribution in [1.29, 1.82) is 5.26 Å². The molecular formula is C16H15Cl2N5O. The van der Waals surface area contributed by atoms with Gasteiger partial charge >= 0.3 is 0 Å². The fourth-order valence-electron chi connectivity index (χ4n) is 2.77. The summed E-state index contributed by atoms with van der Waals surface area (Å²) in [5.74, 6) is 0. The highest BCUT2D eigenvalue weighted by atomic mass is 35.5. The Morgan fingerprint density at radius 1 is 1.21 bits per heavy atom. The largest absolute Gasteiger partial charge is 0.366 e. The molecule has 2 heterocycles. The summed E-state index contributed by atoms with van der Waals surface area (Å²) in [6.07, 6.45) is 1.58. The van der Waals surface area contributed by atoms with Crippen LogP contribution in [0.1, 0.15) is 11.1 Å². The van der Waals surface area contributed by atoms with E-state index in [0.717, 1.165) is 31.7 Å². The Labute approximate surface area is 149 Å². The Balaban J connectivity index is 1.67. The summed E-state index contributed by atoms with van der Waals surface area (Å²) in [5.41, 5.74) is 1.72. The number of nitrogens with zero attached hydrogens (tertiary/aromatic N) is 4. The minimum atomic E-state index is -0.378. The number of rotatable bonds is 3. The van der Waals surface area contributed by atoms with Gasteiger partial charge in [0.1, 0.15) is 11.1 Å². The van der Waals surface area contributed by atoms with E-state index in [9.17, 15) is 4.79 Å². The van der Waals surface area contributed by atoms with Gasteiger partial charge in [-0.05, 0) is 11.6 Å². The maximum absolute atomic E-state index is 11.6. The van der Waals surface area contributed by atoms with Crippen LogP contribution in [0.15, 0.2) is 29.2 Å². The van der Waals surface area contributed by atoms with Crippen LogP contribution in [-0.2, 0) is 6.54 Å². The van der Waals surface area contributed by atoms with Crippen molar-refractivity contribution in [3.8, 4) is 6.07 Å². The van der Waals surface area contributed by atoms with Crippen LogP contribution in [0.4, 0.5) is 5.69 Å². The normalized spacial score (nSPS) is 15.3. The lowest BCUT2D eigenvalue weighted by Gasteiger charge is -2.36. The SMILES string of the molecule is N#Cc1cccc(CN2CCN(c3cn[nH]c(=O)c3Cl)CC2)c1Cl. The summed E-state index contributed by atoms with van der Waals surface area (Å²) in [4.78, 5) is 15.9. The predicted molar refractivity (Wildman–Crippen MR) is 93.5 cm³/mol. The second-order valence-corrected chi connectivity index (χ2v) is 6.31. The van der Waals surface area contributed by atoms with Crippen LogP contribution in [0.3, 0.4) is 0 Å². The molecule has 1 aliphatic heterocycles. The average molecular weight is 364 g/mol. The number of H-pyrrole nitrogens is 1. The summed E-state index contributed by atoms with van der Waals surface area (Å²) in [5, 5.41) is 15.9. The highest BCUT2D eigenvalue weighted by Crippen LogP contribution is 2.24. The van der Waals surface area contributed by atoms with Gasteiger partial charge in [0.25, 0.3) is 5.56 Å². The standard InChI is InChI=1S/C16H15Cl2N5O/c17-14-11(8-19)2-1-3-12(14)10-22-4-6-23(7-5-22)13-9-20-21-16(24)15(13)18/h1-3,9H,4-7,10H2,(H,21,24). The lowest BCUT2D eigenvalue weighted by atomic mass is 10.1. The summed E-state index contributed by atoms with van der Waals surface area (Å²) in [6.45, 7) is 3.76. The summed E-state index contributed by atoms with van der Waals surface area (Å²) >= 11 is 12.3. The molecule has 1 aromatic carbocycles. The Bertz CT molecular complexity index is 837. The highest BCUT2D eigenvalue weighted by Gasteiger charge is 2.21. The second kappa shape index (κ2) is 7.22. The molecule has 0 atom stereocenters. The third-order valence-electron chi connectivity index (χ3n) is 4.08. The van der Waals surface area contributed by atoms with Crippen molar-refractivity contribution in [3.63, 3.8) is 0 Å². The minimum absolute atomic E-state index is 0.170. The number of piperazine rings is 1. The van der Waals surface area contributed by atoms with Gasteiger partial charge in [0.2, 0.25) is 0 Å². The number of hydrogen-bond donors (Lipinski definition) is 1. The van der Waals surface area contributed by atoms with Crippen LogP contribution in [-0.4, -0.2) is 41.3 Å². The molecule has 1 saturated heterocycles. The molecule has 0 amide bonds. The average Bonchev–Trinajstić information content (AvgIpc) is 2.60. The third-order valence-corrected chi connectivity index (χ3v) is 4.89. The van der Waals surface area contributed by atoms with E-state index in [-0.39, 0.29) is 10.6 Å². The zero-order valence-electron chi connectivity index (χ0n) is 12.8. The Kier molecular flexibility index (Phi) is 5.05. The van der Waals surface area contributed by atoms with Crippen LogP contribution >= 0.6 is 23.2 Å². The molecule has 1 fully saturated rings. The molecule has 8 heteroatoms. The number of hydrogen-bond acceptors (Lipinski definition) is 5. The van der Waals surface area contributed by atoms with E-state index in [4.69, 9.17) is 28.5 Å². The molecule has 2 aromatic rings. The van der Waals surface area contributed by atoms with E-state index in [1.165, 1.54) is 0 Å². The first-order chi connectivity index (χ1) is 11.6. The number of nitriles is 1. The quantitative estimate of drug-likeness (QED) is 0.904. The van der Waals surface area contributed by atoms with Gasteiger partial charge in [0, 0.05) is 32.7 Å². The minimum Gasteiger partial charge on any atom is -0.366 e. The first kappa shape index (κ1) is 16.8. The van der Waals surface area contributed by atoms with Crippen molar-refractivity contribution >= 4 is 28.9 Å². The van der Waals surface area contributed by atoms with E-state index in [2.05, 4.69) is 21.2 Å². The highest BCUT2D eigenvalue weighted by molar-refractivity contribution is 6.33. The zero-order valence-corrected chi connectivity index (χ0v) is 14.3. The molecule has 1 aromatic heterocycles. The molecule has 124 valence electrons. The number of aromatic nitrogens is 2. The van der Waals surface area contributed by atoms with Gasteiger partial charge in [-0.3, -0.25) is 9.69 Å². The maximum Gasteiger partial charge on any atom is 0.285 e. The Hall–Kier alpha value is -2.07. The Morgan fingerprint density at radius 2 is 1.96 bits per heavy atom. The third kappa shape index (κ3) is 3.39. The number of anilines is 1. The van der Waals surface area contributed by atoms with Crippen molar-refractivity contribution < 1.29 is 0 Å². The van der Waals surface area contributed by atoms with E-state index >= 15 is 0 Å². The second-order valence-electron chi connectivity index (χ2n) is 5.55. The van der Waals surface area contributed by atoms with Gasteiger partial charge in [-0.25, -0.2) is 5.10 Å². The number of halogens is 2. The molecule has 6 nitrogen and oxygen atoms in total. The Morgan fingerprint density at radius 3 is 2.67 bits per heavy atom. The van der Waals surface area contributed by atoms with Gasteiger partial charge < -0.3 is 4.90 Å². The lowest BCUT2D eigenvalue weighted by Crippen LogP contribution is -2.46. The molecule has 0 bridgehead atoms. The smallest absolute Gasteiger partial charge is 0.285 e. The zero-order chi connectivity index (χ0) is 17.1. The lowest BCUT2D eigenvalue weighted by molar-refractivity contribution is 0.250. The van der Waals surface area contributed by atoms with Gasteiger partial charge in [-0.2, -0.15) is 10.4 Å². The number of nitrogens with one attached hydrogen (secondary N) is 1.